The van der Waals surface area contributed by atoms with E-state index in [4.69, 9.17) is 5.11 Å². The molecule has 1 atom stereocenters. The third-order valence-electron chi connectivity index (χ3n) is 5.25. The molecule has 7 heteroatoms. The number of benzene rings is 3. The molecular weight excluding hydrogens is 388 g/mol. The van der Waals surface area contributed by atoms with Gasteiger partial charge in [0.05, 0.1) is 11.5 Å². The third kappa shape index (κ3) is 3.76. The molecule has 0 saturated heterocycles. The molecule has 1 aliphatic rings. The summed E-state index contributed by atoms with van der Waals surface area (Å²) in [4.78, 5) is 12.9. The number of carbonyl (C=O) groups is 1. The van der Waals surface area contributed by atoms with Crippen molar-refractivity contribution >= 4 is 26.7 Å². The van der Waals surface area contributed by atoms with Crippen LogP contribution in [0.1, 0.15) is 11.1 Å². The lowest BCUT2D eigenvalue weighted by molar-refractivity contribution is -0.125. The second-order valence-electron chi connectivity index (χ2n) is 7.06. The van der Waals surface area contributed by atoms with Crippen molar-refractivity contribution in [2.45, 2.75) is 23.9 Å². The molecule has 150 valence electrons. The minimum absolute atomic E-state index is 0.0842. The number of aliphatic hydroxyl groups is 1. The van der Waals surface area contributed by atoms with Crippen LogP contribution in [0.4, 0.5) is 0 Å². The molecule has 6 nitrogen and oxygen atoms in total. The van der Waals surface area contributed by atoms with E-state index in [-0.39, 0.29) is 24.6 Å². The quantitative estimate of drug-likeness (QED) is 0.674. The van der Waals surface area contributed by atoms with Crippen LogP contribution in [0.15, 0.2) is 71.6 Å². The highest BCUT2D eigenvalue weighted by molar-refractivity contribution is 7.89. The largest absolute Gasteiger partial charge is 0.395 e. The van der Waals surface area contributed by atoms with E-state index >= 15 is 0 Å². The van der Waals surface area contributed by atoms with Gasteiger partial charge in [0.15, 0.2) is 0 Å². The van der Waals surface area contributed by atoms with E-state index in [1.54, 1.807) is 18.2 Å². The van der Waals surface area contributed by atoms with E-state index in [1.165, 1.54) is 4.31 Å². The van der Waals surface area contributed by atoms with Crippen molar-refractivity contribution in [3.63, 3.8) is 0 Å². The normalized spacial score (nSPS) is 17.1. The molecule has 0 spiro atoms. The molecule has 3 aromatic carbocycles. The molecule has 0 radical (unpaired) electrons. The Kier molecular flexibility index (Phi) is 5.36. The van der Waals surface area contributed by atoms with Crippen LogP contribution >= 0.6 is 0 Å². The first-order valence-corrected chi connectivity index (χ1v) is 10.9. The highest BCUT2D eigenvalue weighted by Gasteiger charge is 2.39. The second kappa shape index (κ2) is 7.94. The fourth-order valence-electron chi connectivity index (χ4n) is 3.74. The van der Waals surface area contributed by atoms with E-state index in [0.29, 0.717) is 6.42 Å². The van der Waals surface area contributed by atoms with Crippen LogP contribution in [-0.4, -0.2) is 42.9 Å². The van der Waals surface area contributed by atoms with E-state index in [1.807, 2.05) is 48.5 Å². The van der Waals surface area contributed by atoms with E-state index in [9.17, 15) is 13.2 Å². The van der Waals surface area contributed by atoms with Gasteiger partial charge >= 0.3 is 0 Å². The molecule has 1 heterocycles. The van der Waals surface area contributed by atoms with Gasteiger partial charge in [-0.15, -0.1) is 0 Å². The summed E-state index contributed by atoms with van der Waals surface area (Å²) in [5.74, 6) is -0.405. The Labute approximate surface area is 169 Å². The number of carbonyl (C=O) groups excluding carboxylic acids is 1. The summed E-state index contributed by atoms with van der Waals surface area (Å²) < 4.78 is 28.3. The maximum Gasteiger partial charge on any atom is 0.244 e. The van der Waals surface area contributed by atoms with E-state index in [0.717, 1.165) is 21.9 Å². The van der Waals surface area contributed by atoms with Crippen molar-refractivity contribution in [1.82, 2.24) is 9.62 Å². The summed E-state index contributed by atoms with van der Waals surface area (Å²) in [6.07, 6.45) is 0.292. The minimum Gasteiger partial charge on any atom is -0.395 e. The lowest BCUT2D eigenvalue weighted by Crippen LogP contribution is -2.52. The Hall–Kier alpha value is -2.74. The van der Waals surface area contributed by atoms with E-state index < -0.39 is 22.0 Å². The minimum atomic E-state index is -3.91. The topological polar surface area (TPSA) is 86.7 Å². The zero-order valence-corrected chi connectivity index (χ0v) is 16.6. The van der Waals surface area contributed by atoms with Gasteiger partial charge in [-0.1, -0.05) is 54.6 Å². The Bertz CT molecular complexity index is 1160. The summed E-state index contributed by atoms with van der Waals surface area (Å²) in [6, 6.07) is 19.3. The van der Waals surface area contributed by atoms with Crippen LogP contribution in [0.25, 0.3) is 10.8 Å². The Morgan fingerprint density at radius 3 is 2.45 bits per heavy atom. The van der Waals surface area contributed by atoms with Gasteiger partial charge in [0.1, 0.15) is 6.04 Å². The van der Waals surface area contributed by atoms with Crippen LogP contribution in [0.3, 0.4) is 0 Å². The molecule has 0 aromatic heterocycles. The van der Waals surface area contributed by atoms with Gasteiger partial charge in [-0.2, -0.15) is 4.31 Å². The van der Waals surface area contributed by atoms with Gasteiger partial charge in [-0.25, -0.2) is 8.42 Å². The number of hydrogen-bond acceptors (Lipinski definition) is 4. The van der Waals surface area contributed by atoms with Gasteiger partial charge in [0.25, 0.3) is 0 Å². The standard InChI is InChI=1S/C22H22N2O4S/c25-12-11-23-22(26)21-14-18-7-3-4-8-19(18)15-24(21)29(27,28)20-10-9-16-5-1-2-6-17(16)13-20/h1-10,13,21,25H,11-12,14-15H2,(H,23,26)/t21-/m1/s1. The number of aliphatic hydroxyl groups excluding tert-OH is 1. The maximum absolute atomic E-state index is 13.5. The lowest BCUT2D eigenvalue weighted by Gasteiger charge is -2.35. The monoisotopic (exact) mass is 410 g/mol. The zero-order chi connectivity index (χ0) is 20.4. The summed E-state index contributed by atoms with van der Waals surface area (Å²) in [5.41, 5.74) is 1.85. The first-order valence-electron chi connectivity index (χ1n) is 9.47. The van der Waals surface area contributed by atoms with Crippen LogP contribution in [0.5, 0.6) is 0 Å². The van der Waals surface area contributed by atoms with Crippen LogP contribution in [0, 0.1) is 0 Å². The van der Waals surface area contributed by atoms with Crippen LogP contribution < -0.4 is 5.32 Å². The fourth-order valence-corrected chi connectivity index (χ4v) is 5.34. The van der Waals surface area contributed by atoms with Gasteiger partial charge < -0.3 is 10.4 Å². The second-order valence-corrected chi connectivity index (χ2v) is 8.95. The van der Waals surface area contributed by atoms with Crippen LogP contribution in [-0.2, 0) is 27.8 Å². The molecule has 0 aliphatic carbocycles. The first-order chi connectivity index (χ1) is 14.0. The highest BCUT2D eigenvalue weighted by atomic mass is 32.2. The Morgan fingerprint density at radius 1 is 1.00 bits per heavy atom. The van der Waals surface area contributed by atoms with Gasteiger partial charge in [0.2, 0.25) is 15.9 Å². The van der Waals surface area contributed by atoms with E-state index in [2.05, 4.69) is 5.32 Å². The predicted molar refractivity (Wildman–Crippen MR) is 111 cm³/mol. The molecule has 3 aromatic rings. The number of rotatable bonds is 5. The number of fused-ring (bicyclic) bond motifs is 2. The molecule has 1 amide bonds. The molecule has 0 saturated carbocycles. The molecule has 0 fully saturated rings. The molecule has 0 bridgehead atoms. The molecule has 29 heavy (non-hydrogen) atoms. The van der Waals surface area contributed by atoms with Gasteiger partial charge in [-0.05, 0) is 40.5 Å². The average Bonchev–Trinajstić information content (AvgIpc) is 2.76. The summed E-state index contributed by atoms with van der Waals surface area (Å²) in [6.45, 7) is 0.00978. The molecule has 4 rings (SSSR count). The first kappa shape index (κ1) is 19.6. The lowest BCUT2D eigenvalue weighted by atomic mass is 9.95. The third-order valence-corrected chi connectivity index (χ3v) is 7.10. The Morgan fingerprint density at radius 2 is 1.69 bits per heavy atom. The molecule has 1 aliphatic heterocycles. The summed E-state index contributed by atoms with van der Waals surface area (Å²) in [5, 5.41) is 13.4. The number of nitrogens with zero attached hydrogens (tertiary/aromatic N) is 1. The summed E-state index contributed by atoms with van der Waals surface area (Å²) >= 11 is 0. The SMILES string of the molecule is O=C(NCCO)[C@H]1Cc2ccccc2CN1S(=O)(=O)c1ccc2ccccc2c1. The molecule has 0 unspecified atom stereocenters. The molecular formula is C22H22N2O4S. The van der Waals surface area contributed by atoms with Crippen molar-refractivity contribution in [3.05, 3.63) is 77.9 Å². The maximum atomic E-state index is 13.5. The fraction of sp³-hybridized carbons (Fsp3) is 0.227. The van der Waals surface area contributed by atoms with Crippen molar-refractivity contribution in [1.29, 1.82) is 0 Å². The number of hydrogen-bond donors (Lipinski definition) is 2. The smallest absolute Gasteiger partial charge is 0.244 e. The number of nitrogens with one attached hydrogen (secondary N) is 1. The van der Waals surface area contributed by atoms with Crippen molar-refractivity contribution in [3.8, 4) is 0 Å². The van der Waals surface area contributed by atoms with Crippen molar-refractivity contribution in [2.75, 3.05) is 13.2 Å². The van der Waals surface area contributed by atoms with Crippen molar-refractivity contribution in [2.24, 2.45) is 0 Å². The van der Waals surface area contributed by atoms with Gasteiger partial charge in [-0.3, -0.25) is 4.79 Å². The van der Waals surface area contributed by atoms with Gasteiger partial charge in [0, 0.05) is 13.1 Å². The highest BCUT2D eigenvalue weighted by Crippen LogP contribution is 2.30. The average molecular weight is 410 g/mol. The number of amides is 1. The Balaban J connectivity index is 1.76. The summed E-state index contributed by atoms with van der Waals surface area (Å²) in [7, 11) is -3.91. The number of sulfonamides is 1. The predicted octanol–water partition coefficient (Wildman–Crippen LogP) is 2.06. The van der Waals surface area contributed by atoms with Crippen molar-refractivity contribution < 1.29 is 18.3 Å². The molecule has 2 N–H and O–H groups in total. The zero-order valence-electron chi connectivity index (χ0n) is 15.8. The van der Waals surface area contributed by atoms with Crippen LogP contribution in [0.2, 0.25) is 0 Å².